The van der Waals surface area contributed by atoms with Crippen molar-refractivity contribution in [1.29, 1.82) is 0 Å². The normalized spacial score (nSPS) is 15.7. The summed E-state index contributed by atoms with van der Waals surface area (Å²) in [6.45, 7) is 0.519. The van der Waals surface area contributed by atoms with Crippen molar-refractivity contribution in [3.05, 3.63) is 71.5 Å². The number of hydrogen-bond acceptors (Lipinski definition) is 2. The molecule has 1 saturated heterocycles. The van der Waals surface area contributed by atoms with Crippen LogP contribution in [0.5, 0.6) is 0 Å². The first-order valence-corrected chi connectivity index (χ1v) is 9.91. The average molecular weight is 427 g/mol. The molecule has 3 aromatic rings. The predicted octanol–water partition coefficient (Wildman–Crippen LogP) is 3.70. The first kappa shape index (κ1) is 20.7. The summed E-state index contributed by atoms with van der Waals surface area (Å²) in [5.41, 5.74) is 2.25. The molecule has 0 spiro atoms. The molecule has 31 heavy (non-hydrogen) atoms. The standard InChI is InChI=1S/C23H20F3N3O2/c24-15-7-4-13(5-8-15)19-12-14(6-9-20(30)28-18-10-11-27-23(18)31)22(29-19)16-2-1-3-17(25)21(16)26/h1-5,7-8,12,18,29H,6,9-11H2,(H,27,31)(H,28,30). The number of hydrogen-bond donors (Lipinski definition) is 3. The second kappa shape index (κ2) is 8.67. The van der Waals surface area contributed by atoms with Crippen LogP contribution in [-0.4, -0.2) is 29.4 Å². The highest BCUT2D eigenvalue weighted by Crippen LogP contribution is 2.32. The van der Waals surface area contributed by atoms with Gasteiger partial charge in [0.2, 0.25) is 11.8 Å². The van der Waals surface area contributed by atoms with Crippen molar-refractivity contribution in [2.45, 2.75) is 25.3 Å². The van der Waals surface area contributed by atoms with E-state index in [2.05, 4.69) is 15.6 Å². The van der Waals surface area contributed by atoms with Crippen LogP contribution in [0.3, 0.4) is 0 Å². The van der Waals surface area contributed by atoms with E-state index in [1.807, 2.05) is 0 Å². The van der Waals surface area contributed by atoms with Crippen molar-refractivity contribution in [3.8, 4) is 22.5 Å². The molecule has 1 atom stereocenters. The van der Waals surface area contributed by atoms with Crippen molar-refractivity contribution in [1.82, 2.24) is 15.6 Å². The minimum atomic E-state index is -0.997. The lowest BCUT2D eigenvalue weighted by molar-refractivity contribution is -0.127. The van der Waals surface area contributed by atoms with Gasteiger partial charge >= 0.3 is 0 Å². The smallest absolute Gasteiger partial charge is 0.242 e. The SMILES string of the molecule is O=C(CCc1cc(-c2ccc(F)cc2)[nH]c1-c1cccc(F)c1F)NC1CCNC1=O. The van der Waals surface area contributed by atoms with Crippen LogP contribution in [-0.2, 0) is 16.0 Å². The second-order valence-corrected chi connectivity index (χ2v) is 7.39. The molecule has 8 heteroatoms. The number of carbonyl (C=O) groups is 2. The van der Waals surface area contributed by atoms with Crippen LogP contribution >= 0.6 is 0 Å². The monoisotopic (exact) mass is 427 g/mol. The van der Waals surface area contributed by atoms with Crippen LogP contribution in [0.2, 0.25) is 0 Å². The Morgan fingerprint density at radius 2 is 1.87 bits per heavy atom. The second-order valence-electron chi connectivity index (χ2n) is 7.39. The third-order valence-electron chi connectivity index (χ3n) is 5.28. The van der Waals surface area contributed by atoms with E-state index in [1.54, 1.807) is 18.2 Å². The van der Waals surface area contributed by atoms with Gasteiger partial charge in [-0.15, -0.1) is 0 Å². The molecule has 1 aliphatic rings. The number of amides is 2. The Hall–Kier alpha value is -3.55. The van der Waals surface area contributed by atoms with Gasteiger partial charge in [0, 0.05) is 24.2 Å². The van der Waals surface area contributed by atoms with E-state index in [-0.39, 0.29) is 36.0 Å². The van der Waals surface area contributed by atoms with E-state index in [1.165, 1.54) is 24.3 Å². The highest BCUT2D eigenvalue weighted by molar-refractivity contribution is 5.89. The van der Waals surface area contributed by atoms with Crippen molar-refractivity contribution >= 4 is 11.8 Å². The molecule has 160 valence electrons. The number of rotatable bonds is 6. The lowest BCUT2D eigenvalue weighted by atomic mass is 10.0. The summed E-state index contributed by atoms with van der Waals surface area (Å²) < 4.78 is 41.6. The molecule has 0 bridgehead atoms. The lowest BCUT2D eigenvalue weighted by Crippen LogP contribution is -2.40. The van der Waals surface area contributed by atoms with Gasteiger partial charge in [-0.25, -0.2) is 13.2 Å². The highest BCUT2D eigenvalue weighted by atomic mass is 19.2. The fourth-order valence-corrected chi connectivity index (χ4v) is 3.66. The Morgan fingerprint density at radius 1 is 1.10 bits per heavy atom. The van der Waals surface area contributed by atoms with Gasteiger partial charge in [0.1, 0.15) is 11.9 Å². The van der Waals surface area contributed by atoms with Gasteiger partial charge < -0.3 is 15.6 Å². The molecule has 3 N–H and O–H groups in total. The number of halogens is 3. The van der Waals surface area contributed by atoms with Crippen LogP contribution in [0, 0.1) is 17.5 Å². The third-order valence-corrected chi connectivity index (χ3v) is 5.28. The number of benzene rings is 2. The van der Waals surface area contributed by atoms with Gasteiger partial charge in [-0.2, -0.15) is 0 Å². The zero-order chi connectivity index (χ0) is 22.0. The largest absolute Gasteiger partial charge is 0.354 e. The van der Waals surface area contributed by atoms with Crippen molar-refractivity contribution in [3.63, 3.8) is 0 Å². The Kier molecular flexibility index (Phi) is 5.79. The van der Waals surface area contributed by atoms with Gasteiger partial charge in [0.25, 0.3) is 0 Å². The number of carbonyl (C=O) groups excluding carboxylic acids is 2. The summed E-state index contributed by atoms with van der Waals surface area (Å²) in [5, 5.41) is 5.34. The number of H-pyrrole nitrogens is 1. The molecular weight excluding hydrogens is 407 g/mol. The summed E-state index contributed by atoms with van der Waals surface area (Å²) in [6, 6.07) is 10.8. The fourth-order valence-electron chi connectivity index (χ4n) is 3.66. The number of nitrogens with one attached hydrogen (secondary N) is 3. The molecule has 2 amide bonds. The lowest BCUT2D eigenvalue weighted by Gasteiger charge is -2.10. The average Bonchev–Trinajstić information content (AvgIpc) is 3.35. The quantitative estimate of drug-likeness (QED) is 0.561. The Morgan fingerprint density at radius 3 is 2.58 bits per heavy atom. The van der Waals surface area contributed by atoms with Gasteiger partial charge in [0.15, 0.2) is 11.6 Å². The van der Waals surface area contributed by atoms with E-state index in [0.717, 1.165) is 6.07 Å². The number of aromatic amines is 1. The summed E-state index contributed by atoms with van der Waals surface area (Å²) in [6.07, 6.45) is 0.834. The van der Waals surface area contributed by atoms with Gasteiger partial charge in [0.05, 0.1) is 5.69 Å². The van der Waals surface area contributed by atoms with Crippen molar-refractivity contribution in [2.75, 3.05) is 6.54 Å². The molecule has 1 aromatic heterocycles. The van der Waals surface area contributed by atoms with Gasteiger partial charge in [-0.3, -0.25) is 9.59 Å². The van der Waals surface area contributed by atoms with Crippen LogP contribution in [0.4, 0.5) is 13.2 Å². The zero-order valence-corrected chi connectivity index (χ0v) is 16.5. The Bertz CT molecular complexity index is 1130. The third kappa shape index (κ3) is 4.47. The van der Waals surface area contributed by atoms with E-state index < -0.39 is 17.7 Å². The molecular formula is C23H20F3N3O2. The highest BCUT2D eigenvalue weighted by Gasteiger charge is 2.25. The maximum atomic E-state index is 14.5. The minimum absolute atomic E-state index is 0.0407. The van der Waals surface area contributed by atoms with Crippen LogP contribution in [0.1, 0.15) is 18.4 Å². The first-order chi connectivity index (χ1) is 14.9. The van der Waals surface area contributed by atoms with Crippen LogP contribution < -0.4 is 10.6 Å². The maximum Gasteiger partial charge on any atom is 0.242 e. The summed E-state index contributed by atoms with van der Waals surface area (Å²) >= 11 is 0. The van der Waals surface area contributed by atoms with E-state index in [9.17, 15) is 22.8 Å². The molecule has 1 unspecified atom stereocenters. The topological polar surface area (TPSA) is 74.0 Å². The molecule has 2 aromatic carbocycles. The Labute approximate surface area is 176 Å². The number of aromatic nitrogens is 1. The molecule has 0 radical (unpaired) electrons. The van der Waals surface area contributed by atoms with E-state index >= 15 is 0 Å². The Balaban J connectivity index is 1.61. The molecule has 4 rings (SSSR count). The first-order valence-electron chi connectivity index (χ1n) is 9.91. The number of aryl methyl sites for hydroxylation is 1. The van der Waals surface area contributed by atoms with E-state index in [4.69, 9.17) is 0 Å². The molecule has 5 nitrogen and oxygen atoms in total. The van der Waals surface area contributed by atoms with Gasteiger partial charge in [-0.1, -0.05) is 6.07 Å². The fraction of sp³-hybridized carbons (Fsp3) is 0.217. The van der Waals surface area contributed by atoms with E-state index in [0.29, 0.717) is 35.5 Å². The summed E-state index contributed by atoms with van der Waals surface area (Å²) in [4.78, 5) is 27.0. The van der Waals surface area contributed by atoms with Gasteiger partial charge in [-0.05, 0) is 66.4 Å². The van der Waals surface area contributed by atoms with Crippen LogP contribution in [0.25, 0.3) is 22.5 Å². The van der Waals surface area contributed by atoms with Crippen molar-refractivity contribution in [2.24, 2.45) is 0 Å². The zero-order valence-electron chi connectivity index (χ0n) is 16.5. The summed E-state index contributed by atoms with van der Waals surface area (Å²) in [7, 11) is 0. The maximum absolute atomic E-state index is 14.5. The van der Waals surface area contributed by atoms with Crippen molar-refractivity contribution < 1.29 is 22.8 Å². The molecule has 1 aliphatic heterocycles. The van der Waals surface area contributed by atoms with Crippen LogP contribution in [0.15, 0.2) is 48.5 Å². The minimum Gasteiger partial charge on any atom is -0.354 e. The molecule has 1 fully saturated rings. The molecule has 0 aliphatic carbocycles. The summed E-state index contributed by atoms with van der Waals surface area (Å²) in [5.74, 6) is -2.89. The molecule has 0 saturated carbocycles. The molecule has 2 heterocycles. The predicted molar refractivity (Wildman–Crippen MR) is 109 cm³/mol.